The van der Waals surface area contributed by atoms with Crippen LogP contribution >= 0.6 is 23.6 Å². The average molecular weight is 598 g/mol. The van der Waals surface area contributed by atoms with E-state index in [-0.39, 0.29) is 6.23 Å². The van der Waals surface area contributed by atoms with Crippen molar-refractivity contribution in [3.63, 3.8) is 0 Å². The first-order valence-electron chi connectivity index (χ1n) is 14.3. The highest BCUT2D eigenvalue weighted by atomic mass is 32.2. The minimum absolute atomic E-state index is 0.0101. The van der Waals surface area contributed by atoms with Gasteiger partial charge >= 0.3 is 0 Å². The Morgan fingerprint density at radius 1 is 1.02 bits per heavy atom. The molecule has 3 aromatic heterocycles. The SMILES string of the molecule is COOSN1CCN(Cc2cc3c(N4CCOCC4)nc(-c4cccc5nn(C6CCCCO6)cc45)nc3s2)CC1. The molecular weight excluding hydrogens is 562 g/mol. The van der Waals surface area contributed by atoms with Gasteiger partial charge in [-0.1, -0.05) is 12.1 Å². The summed E-state index contributed by atoms with van der Waals surface area (Å²) in [6.07, 6.45) is 5.36. The number of nitrogens with zero attached hydrogens (tertiary/aromatic N) is 7. The van der Waals surface area contributed by atoms with Crippen molar-refractivity contribution in [1.29, 1.82) is 0 Å². The number of hydrogen-bond donors (Lipinski definition) is 0. The second kappa shape index (κ2) is 12.5. The Morgan fingerprint density at radius 2 is 1.90 bits per heavy atom. The Morgan fingerprint density at radius 3 is 2.71 bits per heavy atom. The van der Waals surface area contributed by atoms with E-state index in [0.717, 1.165) is 110 Å². The molecule has 41 heavy (non-hydrogen) atoms. The monoisotopic (exact) mass is 597 g/mol. The first kappa shape index (κ1) is 27.5. The van der Waals surface area contributed by atoms with Crippen LogP contribution in [0.3, 0.4) is 0 Å². The Labute approximate surface area is 247 Å². The molecule has 7 rings (SSSR count). The molecule has 6 heterocycles. The molecule has 11 nitrogen and oxygen atoms in total. The van der Waals surface area contributed by atoms with Crippen molar-refractivity contribution in [1.82, 2.24) is 29.0 Å². The lowest BCUT2D eigenvalue weighted by atomic mass is 10.1. The van der Waals surface area contributed by atoms with Gasteiger partial charge in [-0.05, 0) is 31.4 Å². The third-order valence-electron chi connectivity index (χ3n) is 7.91. The maximum Gasteiger partial charge on any atom is 0.163 e. The molecule has 13 heteroatoms. The van der Waals surface area contributed by atoms with Gasteiger partial charge in [-0.25, -0.2) is 23.8 Å². The van der Waals surface area contributed by atoms with E-state index < -0.39 is 0 Å². The van der Waals surface area contributed by atoms with Gasteiger partial charge in [-0.2, -0.15) is 5.10 Å². The van der Waals surface area contributed by atoms with Gasteiger partial charge < -0.3 is 14.4 Å². The fraction of sp³-hybridized carbons (Fsp3) is 0.536. The van der Waals surface area contributed by atoms with Gasteiger partial charge in [0, 0.05) is 74.4 Å². The summed E-state index contributed by atoms with van der Waals surface area (Å²) in [5.41, 5.74) is 1.94. The van der Waals surface area contributed by atoms with Gasteiger partial charge in [-0.15, -0.1) is 15.7 Å². The lowest BCUT2D eigenvalue weighted by molar-refractivity contribution is -0.164. The number of aromatic nitrogens is 4. The zero-order chi connectivity index (χ0) is 27.6. The number of rotatable bonds is 8. The van der Waals surface area contributed by atoms with Crippen LogP contribution in [0, 0.1) is 0 Å². The molecule has 3 aliphatic rings. The van der Waals surface area contributed by atoms with Gasteiger partial charge in [0.15, 0.2) is 5.82 Å². The summed E-state index contributed by atoms with van der Waals surface area (Å²) in [4.78, 5) is 22.3. The summed E-state index contributed by atoms with van der Waals surface area (Å²) < 4.78 is 20.9. The van der Waals surface area contributed by atoms with Crippen LogP contribution < -0.4 is 4.90 Å². The summed E-state index contributed by atoms with van der Waals surface area (Å²) in [7, 11) is 1.53. The summed E-state index contributed by atoms with van der Waals surface area (Å²) in [6, 6.07) is 8.51. The number of piperazine rings is 1. The number of fused-ring (bicyclic) bond motifs is 2. The van der Waals surface area contributed by atoms with Crippen LogP contribution in [-0.4, -0.2) is 95.2 Å². The number of morpholine rings is 1. The van der Waals surface area contributed by atoms with Crippen molar-refractivity contribution in [2.24, 2.45) is 0 Å². The van der Waals surface area contributed by atoms with Gasteiger partial charge in [0.05, 0.1) is 31.2 Å². The van der Waals surface area contributed by atoms with Crippen LogP contribution in [0.15, 0.2) is 30.5 Å². The molecule has 1 aromatic carbocycles. The van der Waals surface area contributed by atoms with E-state index in [2.05, 4.69) is 38.5 Å². The number of anilines is 1. The topological polar surface area (TPSA) is 90.2 Å². The predicted molar refractivity (Wildman–Crippen MR) is 161 cm³/mol. The van der Waals surface area contributed by atoms with E-state index >= 15 is 0 Å². The second-order valence-electron chi connectivity index (χ2n) is 10.6. The van der Waals surface area contributed by atoms with Gasteiger partial charge in [0.1, 0.15) is 29.1 Å². The molecule has 0 N–H and O–H groups in total. The molecule has 1 unspecified atom stereocenters. The average Bonchev–Trinajstić information content (AvgIpc) is 3.65. The van der Waals surface area contributed by atoms with Crippen LogP contribution in [0.25, 0.3) is 32.5 Å². The molecule has 0 amide bonds. The zero-order valence-electron chi connectivity index (χ0n) is 23.2. The maximum absolute atomic E-state index is 6.02. The number of ether oxygens (including phenoxy) is 2. The lowest BCUT2D eigenvalue weighted by Gasteiger charge is -2.32. The summed E-state index contributed by atoms with van der Waals surface area (Å²) in [5, 5.41) is 7.05. The molecule has 3 aliphatic heterocycles. The molecule has 0 radical (unpaired) electrons. The largest absolute Gasteiger partial charge is 0.378 e. The van der Waals surface area contributed by atoms with Crippen molar-refractivity contribution in [2.75, 3.05) is 71.1 Å². The molecular formula is C28H35N7O4S2. The molecule has 0 spiro atoms. The summed E-state index contributed by atoms with van der Waals surface area (Å²) >= 11 is 3.05. The molecule has 0 bridgehead atoms. The minimum atomic E-state index is -0.0101. The van der Waals surface area contributed by atoms with Crippen molar-refractivity contribution in [3.05, 3.63) is 35.3 Å². The first-order chi connectivity index (χ1) is 20.2. The smallest absolute Gasteiger partial charge is 0.163 e. The highest BCUT2D eigenvalue weighted by Gasteiger charge is 2.24. The molecule has 3 fully saturated rings. The second-order valence-corrected chi connectivity index (χ2v) is 12.5. The predicted octanol–water partition coefficient (Wildman–Crippen LogP) is 4.50. The zero-order valence-corrected chi connectivity index (χ0v) is 24.9. The van der Waals surface area contributed by atoms with Crippen LogP contribution in [0.4, 0.5) is 5.82 Å². The third-order valence-corrected chi connectivity index (χ3v) is 9.69. The number of hydrogen-bond acceptors (Lipinski definition) is 12. The Hall–Kier alpha value is -2.36. The normalized spacial score (nSPS) is 21.3. The van der Waals surface area contributed by atoms with E-state index in [1.807, 2.05) is 10.7 Å². The number of thiophene rings is 1. The van der Waals surface area contributed by atoms with Crippen LogP contribution in [0.1, 0.15) is 30.4 Å². The van der Waals surface area contributed by atoms with Crippen LogP contribution in [0.5, 0.6) is 0 Å². The van der Waals surface area contributed by atoms with Crippen molar-refractivity contribution in [3.8, 4) is 11.4 Å². The fourth-order valence-corrected chi connectivity index (χ4v) is 7.29. The van der Waals surface area contributed by atoms with Crippen LogP contribution in [-0.2, 0) is 25.2 Å². The van der Waals surface area contributed by atoms with Crippen molar-refractivity contribution in [2.45, 2.75) is 32.0 Å². The quantitative estimate of drug-likeness (QED) is 0.124. The Bertz CT molecular complexity index is 1480. The lowest BCUT2D eigenvalue weighted by Crippen LogP contribution is -2.42. The van der Waals surface area contributed by atoms with E-state index in [4.69, 9.17) is 33.8 Å². The third kappa shape index (κ3) is 5.95. The van der Waals surface area contributed by atoms with Crippen molar-refractivity contribution >= 4 is 50.5 Å². The highest BCUT2D eigenvalue weighted by Crippen LogP contribution is 2.36. The van der Waals surface area contributed by atoms with Gasteiger partial charge in [-0.3, -0.25) is 4.90 Å². The van der Waals surface area contributed by atoms with Crippen molar-refractivity contribution < 1.29 is 18.7 Å². The van der Waals surface area contributed by atoms with Gasteiger partial charge in [0.2, 0.25) is 0 Å². The van der Waals surface area contributed by atoms with E-state index in [9.17, 15) is 0 Å². The number of benzene rings is 1. The summed E-state index contributed by atoms with van der Waals surface area (Å²) in [6.45, 7) is 8.52. The molecule has 4 aromatic rings. The fourth-order valence-electron chi connectivity index (χ4n) is 5.76. The molecule has 0 aliphatic carbocycles. The highest BCUT2D eigenvalue weighted by molar-refractivity contribution is 7.92. The molecule has 218 valence electrons. The molecule has 3 saturated heterocycles. The Balaban J connectivity index is 1.21. The Kier molecular flexibility index (Phi) is 8.36. The van der Waals surface area contributed by atoms with E-state index in [1.165, 1.54) is 24.2 Å². The first-order valence-corrected chi connectivity index (χ1v) is 15.8. The molecule has 0 saturated carbocycles. The van der Waals surface area contributed by atoms with Crippen LogP contribution in [0.2, 0.25) is 0 Å². The summed E-state index contributed by atoms with van der Waals surface area (Å²) in [5.74, 6) is 1.74. The molecule has 1 atom stereocenters. The van der Waals surface area contributed by atoms with E-state index in [0.29, 0.717) is 13.2 Å². The minimum Gasteiger partial charge on any atom is -0.378 e. The van der Waals surface area contributed by atoms with Gasteiger partial charge in [0.25, 0.3) is 0 Å². The maximum atomic E-state index is 6.02. The standard InChI is InChI=1S/C28H35N7O4S2/c1-36-39-41-34-10-8-32(9-11-34)18-20-17-22-27(33-12-15-37-16-13-33)29-26(30-28(22)40-20)21-5-4-6-24-23(21)19-35(31-24)25-7-2-3-14-38-25/h4-6,17,19,25H,2-3,7-16,18H2,1H3. The van der Waals surface area contributed by atoms with E-state index in [1.54, 1.807) is 11.3 Å².